The number of para-hydroxylation sites is 1. The van der Waals surface area contributed by atoms with E-state index in [0.29, 0.717) is 25.1 Å². The highest BCUT2D eigenvalue weighted by molar-refractivity contribution is 5.95. The number of rotatable bonds is 6. The third kappa shape index (κ3) is 4.28. The number of aryl methyl sites for hydroxylation is 1. The van der Waals surface area contributed by atoms with Crippen molar-refractivity contribution in [3.63, 3.8) is 0 Å². The van der Waals surface area contributed by atoms with Crippen LogP contribution in [0.3, 0.4) is 0 Å². The van der Waals surface area contributed by atoms with Gasteiger partial charge in [0.25, 0.3) is 5.91 Å². The number of nitrogens with one attached hydrogen (secondary N) is 1. The first kappa shape index (κ1) is 21.7. The molecule has 0 aliphatic carbocycles. The largest absolute Gasteiger partial charge is 0.489 e. The molecule has 1 unspecified atom stereocenters. The van der Waals surface area contributed by atoms with Crippen molar-refractivity contribution in [1.82, 2.24) is 14.8 Å². The zero-order chi connectivity index (χ0) is 22.8. The van der Waals surface area contributed by atoms with E-state index in [9.17, 15) is 9.59 Å². The van der Waals surface area contributed by atoms with Crippen molar-refractivity contribution in [2.24, 2.45) is 0 Å². The Hall–Kier alpha value is -3.48. The predicted molar refractivity (Wildman–Crippen MR) is 126 cm³/mol. The van der Waals surface area contributed by atoms with Gasteiger partial charge in [0.2, 0.25) is 5.91 Å². The molecular formula is C25H30N4O3. The van der Waals surface area contributed by atoms with Crippen molar-refractivity contribution in [3.05, 3.63) is 59.8 Å². The van der Waals surface area contributed by atoms with Crippen LogP contribution in [0.15, 0.2) is 48.5 Å². The van der Waals surface area contributed by atoms with Crippen LogP contribution in [0.2, 0.25) is 0 Å². The van der Waals surface area contributed by atoms with Crippen LogP contribution >= 0.6 is 0 Å². The van der Waals surface area contributed by atoms with Gasteiger partial charge in [0, 0.05) is 51.0 Å². The molecule has 2 amide bonds. The third-order valence-electron chi connectivity index (χ3n) is 6.07. The Morgan fingerprint density at radius 1 is 1.16 bits per heavy atom. The van der Waals surface area contributed by atoms with Gasteiger partial charge in [0.05, 0.1) is 18.2 Å². The fourth-order valence-electron chi connectivity index (χ4n) is 4.24. The molecule has 2 aromatic carbocycles. The van der Waals surface area contributed by atoms with E-state index in [2.05, 4.69) is 35.0 Å². The summed E-state index contributed by atoms with van der Waals surface area (Å²) >= 11 is 0. The highest BCUT2D eigenvalue weighted by Gasteiger charge is 2.27. The van der Waals surface area contributed by atoms with E-state index < -0.39 is 0 Å². The summed E-state index contributed by atoms with van der Waals surface area (Å²) in [7, 11) is 5.40. The Morgan fingerprint density at radius 3 is 2.72 bits per heavy atom. The zero-order valence-corrected chi connectivity index (χ0v) is 19.1. The standard InChI is InChI=1S/C25H30N4O3/c1-17-13-18-7-5-6-8-21(18)29(17)12-11-26-24(30)15-20-16-32-23-10-9-19(25(31)27(2)3)14-22(23)28(20)4/h5-10,13-14,20H,11-12,15-16H2,1-4H3,(H,26,30). The minimum Gasteiger partial charge on any atom is -0.489 e. The first-order valence-corrected chi connectivity index (χ1v) is 10.9. The van der Waals surface area contributed by atoms with Gasteiger partial charge in [-0.1, -0.05) is 18.2 Å². The number of benzene rings is 2. The Kier molecular flexibility index (Phi) is 6.08. The maximum atomic E-state index is 12.6. The first-order chi connectivity index (χ1) is 15.3. The molecule has 4 rings (SSSR count). The SMILES string of the molecule is Cc1cc2ccccc2n1CCNC(=O)CC1COc2ccc(C(=O)N(C)C)cc2N1C. The fourth-order valence-corrected chi connectivity index (χ4v) is 4.24. The summed E-state index contributed by atoms with van der Waals surface area (Å²) in [5, 5.41) is 4.26. The number of hydrogen-bond acceptors (Lipinski definition) is 4. The number of fused-ring (bicyclic) bond motifs is 2. The predicted octanol–water partition coefficient (Wildman–Crippen LogP) is 3.06. The van der Waals surface area contributed by atoms with Gasteiger partial charge in [-0.25, -0.2) is 0 Å². The van der Waals surface area contributed by atoms with Gasteiger partial charge in [0.15, 0.2) is 0 Å². The van der Waals surface area contributed by atoms with E-state index in [1.54, 1.807) is 25.1 Å². The van der Waals surface area contributed by atoms with Crippen molar-refractivity contribution in [3.8, 4) is 5.75 Å². The zero-order valence-electron chi connectivity index (χ0n) is 19.1. The average Bonchev–Trinajstić information content (AvgIpc) is 3.10. The molecule has 2 heterocycles. The van der Waals surface area contributed by atoms with Crippen molar-refractivity contribution >= 4 is 28.4 Å². The van der Waals surface area contributed by atoms with E-state index in [0.717, 1.165) is 18.0 Å². The number of anilines is 1. The third-order valence-corrected chi connectivity index (χ3v) is 6.07. The van der Waals surface area contributed by atoms with Gasteiger partial charge in [-0.15, -0.1) is 0 Å². The molecule has 1 aliphatic rings. The summed E-state index contributed by atoms with van der Waals surface area (Å²) in [4.78, 5) is 28.5. The van der Waals surface area contributed by atoms with Crippen molar-refractivity contribution in [1.29, 1.82) is 0 Å². The number of amides is 2. The second kappa shape index (κ2) is 8.94. The Labute approximate surface area is 188 Å². The molecule has 0 radical (unpaired) electrons. The second-order valence-electron chi connectivity index (χ2n) is 8.51. The van der Waals surface area contributed by atoms with Crippen LogP contribution in [-0.4, -0.2) is 61.6 Å². The van der Waals surface area contributed by atoms with Gasteiger partial charge in [-0.05, 0) is 42.6 Å². The lowest BCUT2D eigenvalue weighted by Crippen LogP contribution is -2.44. The molecule has 1 N–H and O–H groups in total. The van der Waals surface area contributed by atoms with Gasteiger partial charge in [-0.2, -0.15) is 0 Å². The highest BCUT2D eigenvalue weighted by Crippen LogP contribution is 2.34. The molecule has 168 valence electrons. The Bertz CT molecular complexity index is 1150. The minimum atomic E-state index is -0.0960. The van der Waals surface area contributed by atoms with Crippen molar-refractivity contribution in [2.45, 2.75) is 25.9 Å². The van der Waals surface area contributed by atoms with Crippen LogP contribution in [0.5, 0.6) is 5.75 Å². The minimum absolute atomic E-state index is 0.0106. The van der Waals surface area contributed by atoms with Crippen LogP contribution < -0.4 is 15.0 Å². The van der Waals surface area contributed by atoms with Crippen LogP contribution in [-0.2, 0) is 11.3 Å². The average molecular weight is 435 g/mol. The smallest absolute Gasteiger partial charge is 0.253 e. The number of aromatic nitrogens is 1. The monoisotopic (exact) mass is 434 g/mol. The van der Waals surface area contributed by atoms with Gasteiger partial charge in [-0.3, -0.25) is 9.59 Å². The summed E-state index contributed by atoms with van der Waals surface area (Å²) in [6, 6.07) is 15.8. The summed E-state index contributed by atoms with van der Waals surface area (Å²) in [6.45, 7) is 3.80. The summed E-state index contributed by atoms with van der Waals surface area (Å²) in [5.41, 5.74) is 3.79. The summed E-state index contributed by atoms with van der Waals surface area (Å²) in [5.74, 6) is 0.659. The second-order valence-corrected chi connectivity index (χ2v) is 8.51. The molecule has 3 aromatic rings. The van der Waals surface area contributed by atoms with Crippen molar-refractivity contribution in [2.75, 3.05) is 39.2 Å². The molecule has 0 saturated heterocycles. The molecule has 0 bridgehead atoms. The molecule has 0 saturated carbocycles. The van der Waals surface area contributed by atoms with E-state index in [-0.39, 0.29) is 17.9 Å². The lowest BCUT2D eigenvalue weighted by Gasteiger charge is -2.35. The first-order valence-electron chi connectivity index (χ1n) is 10.9. The maximum Gasteiger partial charge on any atom is 0.253 e. The number of hydrogen-bond donors (Lipinski definition) is 1. The fraction of sp³-hybridized carbons (Fsp3) is 0.360. The lowest BCUT2D eigenvalue weighted by molar-refractivity contribution is -0.121. The lowest BCUT2D eigenvalue weighted by atomic mass is 10.1. The van der Waals surface area contributed by atoms with Gasteiger partial charge >= 0.3 is 0 Å². The number of carbonyl (C=O) groups excluding carboxylic acids is 2. The molecule has 1 atom stereocenters. The number of carbonyl (C=O) groups is 2. The molecule has 7 nitrogen and oxygen atoms in total. The molecular weight excluding hydrogens is 404 g/mol. The molecule has 0 fully saturated rings. The summed E-state index contributed by atoms with van der Waals surface area (Å²) in [6.07, 6.45) is 0.327. The van der Waals surface area contributed by atoms with Crippen molar-refractivity contribution < 1.29 is 14.3 Å². The Balaban J connectivity index is 1.36. The van der Waals surface area contributed by atoms with Crippen LogP contribution in [0.4, 0.5) is 5.69 Å². The summed E-state index contributed by atoms with van der Waals surface area (Å²) < 4.78 is 8.11. The van der Waals surface area contributed by atoms with Crippen LogP contribution in [0.1, 0.15) is 22.5 Å². The number of ether oxygens (including phenoxy) is 1. The van der Waals surface area contributed by atoms with E-state index in [1.165, 1.54) is 16.6 Å². The molecule has 1 aliphatic heterocycles. The molecule has 0 spiro atoms. The number of nitrogens with zero attached hydrogens (tertiary/aromatic N) is 3. The van der Waals surface area contributed by atoms with E-state index in [4.69, 9.17) is 4.74 Å². The quantitative estimate of drug-likeness (QED) is 0.648. The van der Waals surface area contributed by atoms with Crippen LogP contribution in [0.25, 0.3) is 10.9 Å². The Morgan fingerprint density at radius 2 is 1.94 bits per heavy atom. The normalized spacial score (nSPS) is 15.2. The van der Waals surface area contributed by atoms with Gasteiger partial charge < -0.3 is 24.4 Å². The maximum absolute atomic E-state index is 12.6. The highest BCUT2D eigenvalue weighted by atomic mass is 16.5. The van der Waals surface area contributed by atoms with E-state index >= 15 is 0 Å². The number of likely N-dealkylation sites (N-methyl/N-ethyl adjacent to an activating group) is 1. The topological polar surface area (TPSA) is 66.8 Å². The molecule has 1 aromatic heterocycles. The van der Waals surface area contributed by atoms with Gasteiger partial charge in [0.1, 0.15) is 12.4 Å². The van der Waals surface area contributed by atoms with Crippen LogP contribution in [0, 0.1) is 6.92 Å². The molecule has 7 heteroatoms. The van der Waals surface area contributed by atoms with E-state index in [1.807, 2.05) is 36.2 Å². The molecule has 32 heavy (non-hydrogen) atoms.